The molecule has 1 aromatic heterocycles. The van der Waals surface area contributed by atoms with Gasteiger partial charge in [0.2, 0.25) is 0 Å². The summed E-state index contributed by atoms with van der Waals surface area (Å²) < 4.78 is 49.1. The number of esters is 1. The zero-order valence-corrected chi connectivity index (χ0v) is 23.2. The van der Waals surface area contributed by atoms with Crippen LogP contribution in [0.25, 0.3) is 0 Å². The molecule has 0 radical (unpaired) electrons. The average Bonchev–Trinajstić information content (AvgIpc) is 3.49. The smallest absolute Gasteiger partial charge is 0.338 e. The molecule has 1 fully saturated rings. The van der Waals surface area contributed by atoms with Crippen LogP contribution in [0.3, 0.4) is 0 Å². The predicted octanol–water partition coefficient (Wildman–Crippen LogP) is 5.19. The zero-order valence-electron chi connectivity index (χ0n) is 21.6. The lowest BCUT2D eigenvalue weighted by Gasteiger charge is -2.29. The maximum atomic E-state index is 15.0. The van der Waals surface area contributed by atoms with Crippen molar-refractivity contribution in [2.75, 3.05) is 26.2 Å². The van der Waals surface area contributed by atoms with E-state index in [1.807, 2.05) is 0 Å². The molecular formula is C27H28ClF3N4O3S. The fourth-order valence-electron chi connectivity index (χ4n) is 4.41. The van der Waals surface area contributed by atoms with Gasteiger partial charge >= 0.3 is 5.97 Å². The second kappa shape index (κ2) is 12.0. The number of hydrogen-bond donors (Lipinski definition) is 1. The molecule has 2 aliphatic rings. The number of amidine groups is 1. The quantitative estimate of drug-likeness (QED) is 0.325. The van der Waals surface area contributed by atoms with Crippen LogP contribution < -0.4 is 5.32 Å². The number of halogens is 4. The summed E-state index contributed by atoms with van der Waals surface area (Å²) >= 11 is 7.68. The molecule has 2 aliphatic heterocycles. The van der Waals surface area contributed by atoms with Crippen molar-refractivity contribution in [3.63, 3.8) is 0 Å². The van der Waals surface area contributed by atoms with Gasteiger partial charge in [-0.3, -0.25) is 14.7 Å². The molecule has 4 rings (SSSR count). The number of carbonyl (C=O) groups excluding carboxylic acids is 2. The maximum absolute atomic E-state index is 15.0. The number of allylic oxidation sites excluding steroid dienone is 1. The van der Waals surface area contributed by atoms with E-state index < -0.39 is 36.2 Å². The molecule has 0 bridgehead atoms. The standard InChI is InChI=1S/C27H28ClF3N4O3S/c1-4-38-26(37)22-20(13-35-12-16(27(30,31)14-35)5-8-21(36)15(2)3)33-24(25-32-9-10-39-25)34-23(22)18-7-6-17(29)11-19(18)28/h5-11,15-16,23H,4,12-14H2,1-3H3,(H,33,34)/b8-5+. The first-order valence-electron chi connectivity index (χ1n) is 12.4. The molecule has 1 N–H and O–H groups in total. The van der Waals surface area contributed by atoms with Crippen molar-refractivity contribution < 1.29 is 27.5 Å². The van der Waals surface area contributed by atoms with Gasteiger partial charge in [-0.1, -0.05) is 37.6 Å². The van der Waals surface area contributed by atoms with E-state index in [4.69, 9.17) is 16.3 Å². The summed E-state index contributed by atoms with van der Waals surface area (Å²) in [7, 11) is 0. The number of alkyl halides is 2. The third-order valence-electron chi connectivity index (χ3n) is 6.39. The molecule has 0 amide bonds. The van der Waals surface area contributed by atoms with Crippen LogP contribution in [0.2, 0.25) is 5.02 Å². The van der Waals surface area contributed by atoms with Crippen molar-refractivity contribution in [2.24, 2.45) is 16.8 Å². The van der Waals surface area contributed by atoms with E-state index in [0.717, 1.165) is 6.07 Å². The van der Waals surface area contributed by atoms with Crippen LogP contribution in [0.5, 0.6) is 0 Å². The SMILES string of the molecule is CCOC(=O)C1=C(CN2CC(/C=C/C(=O)C(C)C)C(F)(F)C2)NC(c2nccs2)=NC1c1ccc(F)cc1Cl. The molecule has 7 nitrogen and oxygen atoms in total. The molecule has 0 saturated carbocycles. The first-order chi connectivity index (χ1) is 18.5. The van der Waals surface area contributed by atoms with Crippen LogP contribution >= 0.6 is 22.9 Å². The van der Waals surface area contributed by atoms with Gasteiger partial charge in [-0.05, 0) is 25.1 Å². The number of carbonyl (C=O) groups is 2. The van der Waals surface area contributed by atoms with Crippen LogP contribution in [0, 0.1) is 17.7 Å². The predicted molar refractivity (Wildman–Crippen MR) is 143 cm³/mol. The number of ketones is 1. The summed E-state index contributed by atoms with van der Waals surface area (Å²) in [5, 5.41) is 5.43. The maximum Gasteiger partial charge on any atom is 0.338 e. The Morgan fingerprint density at radius 2 is 2.13 bits per heavy atom. The molecule has 3 heterocycles. The first kappa shape index (κ1) is 29.0. The van der Waals surface area contributed by atoms with E-state index in [1.165, 1.54) is 40.5 Å². The van der Waals surface area contributed by atoms with E-state index in [-0.39, 0.29) is 42.0 Å². The lowest BCUT2D eigenvalue weighted by Crippen LogP contribution is -2.39. The van der Waals surface area contributed by atoms with Gasteiger partial charge in [-0.25, -0.2) is 22.9 Å². The van der Waals surface area contributed by atoms with Gasteiger partial charge in [0.1, 0.15) is 11.9 Å². The molecule has 2 aromatic rings. The molecular weight excluding hydrogens is 553 g/mol. The largest absolute Gasteiger partial charge is 0.463 e. The summed E-state index contributed by atoms with van der Waals surface area (Å²) in [5.74, 6) is -5.72. The normalized spacial score (nSPS) is 21.4. The molecule has 0 spiro atoms. The molecule has 0 aliphatic carbocycles. The monoisotopic (exact) mass is 580 g/mol. The van der Waals surface area contributed by atoms with Gasteiger partial charge in [0, 0.05) is 46.9 Å². The van der Waals surface area contributed by atoms with Crippen molar-refractivity contribution in [1.82, 2.24) is 15.2 Å². The molecule has 208 valence electrons. The Bertz CT molecular complexity index is 1330. The van der Waals surface area contributed by atoms with Crippen LogP contribution in [-0.4, -0.2) is 59.6 Å². The molecule has 1 aromatic carbocycles. The molecule has 1 saturated heterocycles. The lowest BCUT2D eigenvalue weighted by molar-refractivity contribution is -0.139. The highest BCUT2D eigenvalue weighted by Gasteiger charge is 2.47. The average molecular weight is 581 g/mol. The number of nitrogens with one attached hydrogen (secondary N) is 1. The fraction of sp³-hybridized carbons (Fsp3) is 0.407. The number of hydrogen-bond acceptors (Lipinski definition) is 8. The summed E-state index contributed by atoms with van der Waals surface area (Å²) in [6.45, 7) is 4.44. The van der Waals surface area contributed by atoms with Crippen molar-refractivity contribution in [3.05, 3.63) is 74.6 Å². The minimum atomic E-state index is -3.08. The fourth-order valence-corrected chi connectivity index (χ4v) is 5.27. The van der Waals surface area contributed by atoms with Gasteiger partial charge in [0.15, 0.2) is 16.6 Å². The van der Waals surface area contributed by atoms with Gasteiger partial charge in [-0.15, -0.1) is 11.3 Å². The van der Waals surface area contributed by atoms with Gasteiger partial charge < -0.3 is 10.1 Å². The Kier molecular flexibility index (Phi) is 8.93. The number of ether oxygens (including phenoxy) is 1. The summed E-state index contributed by atoms with van der Waals surface area (Å²) in [5.41, 5.74) is 0.745. The van der Waals surface area contributed by atoms with Gasteiger partial charge in [0.05, 0.1) is 24.6 Å². The number of benzene rings is 1. The summed E-state index contributed by atoms with van der Waals surface area (Å²) in [4.78, 5) is 35.7. The highest BCUT2D eigenvalue weighted by molar-refractivity contribution is 7.11. The van der Waals surface area contributed by atoms with E-state index in [0.29, 0.717) is 22.1 Å². The van der Waals surface area contributed by atoms with Gasteiger partial charge in [0.25, 0.3) is 5.92 Å². The van der Waals surface area contributed by atoms with Crippen molar-refractivity contribution in [3.8, 4) is 0 Å². The number of aliphatic imine (C=N–C) groups is 1. The minimum Gasteiger partial charge on any atom is -0.463 e. The Balaban J connectivity index is 1.73. The number of likely N-dealkylation sites (tertiary alicyclic amines) is 1. The zero-order chi connectivity index (χ0) is 28.3. The topological polar surface area (TPSA) is 83.9 Å². The Morgan fingerprint density at radius 3 is 2.77 bits per heavy atom. The summed E-state index contributed by atoms with van der Waals surface area (Å²) in [6, 6.07) is 2.77. The number of thiazole rings is 1. The first-order valence-corrected chi connectivity index (χ1v) is 13.7. The van der Waals surface area contributed by atoms with Crippen molar-refractivity contribution in [2.45, 2.75) is 32.7 Å². The van der Waals surface area contributed by atoms with Crippen LogP contribution in [0.4, 0.5) is 13.2 Å². The Hall–Kier alpha value is -3.02. The number of aromatic nitrogens is 1. The van der Waals surface area contributed by atoms with E-state index in [2.05, 4.69) is 15.3 Å². The highest BCUT2D eigenvalue weighted by atomic mass is 35.5. The Morgan fingerprint density at radius 1 is 1.36 bits per heavy atom. The van der Waals surface area contributed by atoms with Crippen LogP contribution in [0.15, 0.2) is 58.2 Å². The molecule has 39 heavy (non-hydrogen) atoms. The second-order valence-electron chi connectivity index (χ2n) is 9.57. The Labute approximate surface area is 233 Å². The molecule has 2 unspecified atom stereocenters. The van der Waals surface area contributed by atoms with Crippen molar-refractivity contribution >= 4 is 40.5 Å². The van der Waals surface area contributed by atoms with E-state index >= 15 is 0 Å². The lowest BCUT2D eigenvalue weighted by atomic mass is 9.95. The van der Waals surface area contributed by atoms with E-state index in [9.17, 15) is 22.8 Å². The summed E-state index contributed by atoms with van der Waals surface area (Å²) in [6.07, 6.45) is 4.07. The van der Waals surface area contributed by atoms with Gasteiger partial charge in [-0.2, -0.15) is 0 Å². The second-order valence-corrected chi connectivity index (χ2v) is 10.9. The van der Waals surface area contributed by atoms with Crippen LogP contribution in [0.1, 0.15) is 37.4 Å². The molecule has 2 atom stereocenters. The number of nitrogens with zero attached hydrogens (tertiary/aromatic N) is 3. The minimum absolute atomic E-state index is 0.0398. The highest BCUT2D eigenvalue weighted by Crippen LogP contribution is 2.39. The van der Waals surface area contributed by atoms with Crippen LogP contribution in [-0.2, 0) is 14.3 Å². The van der Waals surface area contributed by atoms with E-state index in [1.54, 1.807) is 32.3 Å². The molecule has 12 heteroatoms. The third-order valence-corrected chi connectivity index (χ3v) is 7.50. The third kappa shape index (κ3) is 6.59. The van der Waals surface area contributed by atoms with Crippen molar-refractivity contribution in [1.29, 1.82) is 0 Å². The number of rotatable bonds is 9.